The van der Waals surface area contributed by atoms with Gasteiger partial charge >= 0.3 is 11.9 Å². The molecule has 0 aromatic rings. The minimum absolute atomic E-state index is 0.0178. The Morgan fingerprint density at radius 2 is 1.75 bits per heavy atom. The van der Waals surface area contributed by atoms with Gasteiger partial charge in [0.05, 0.1) is 12.5 Å². The third kappa shape index (κ3) is 3.64. The molecule has 0 aromatic heterocycles. The van der Waals surface area contributed by atoms with Crippen LogP contribution in [-0.2, 0) is 23.9 Å². The Hall–Kier alpha value is -1.39. The van der Waals surface area contributed by atoms with Gasteiger partial charge in [0.25, 0.3) is 0 Å². The molecule has 5 nitrogen and oxygen atoms in total. The second-order valence-corrected chi connectivity index (χ2v) is 3.98. The van der Waals surface area contributed by atoms with Gasteiger partial charge in [-0.15, -0.1) is 0 Å². The molecule has 2 atom stereocenters. The van der Waals surface area contributed by atoms with Crippen LogP contribution in [0.3, 0.4) is 0 Å². The highest BCUT2D eigenvalue weighted by atomic mass is 16.5. The zero-order chi connectivity index (χ0) is 12.1. The third-order valence-electron chi connectivity index (χ3n) is 2.71. The Morgan fingerprint density at radius 3 is 2.31 bits per heavy atom. The molecule has 0 amide bonds. The van der Waals surface area contributed by atoms with Gasteiger partial charge in [-0.05, 0) is 6.42 Å². The fraction of sp³-hybridized carbons (Fsp3) is 0.727. The fourth-order valence-electron chi connectivity index (χ4n) is 1.84. The maximum atomic E-state index is 11.5. The monoisotopic (exact) mass is 228 g/mol. The number of carbonyl (C=O) groups is 3. The van der Waals surface area contributed by atoms with E-state index in [4.69, 9.17) is 9.47 Å². The average molecular weight is 228 g/mol. The summed E-state index contributed by atoms with van der Waals surface area (Å²) in [5.74, 6) is -1.01. The summed E-state index contributed by atoms with van der Waals surface area (Å²) in [6.07, 6.45) is 1.16. The Bertz CT molecular complexity index is 297. The zero-order valence-electron chi connectivity index (χ0n) is 9.52. The molecule has 5 heteroatoms. The van der Waals surface area contributed by atoms with Crippen LogP contribution >= 0.6 is 0 Å². The Kier molecular flexibility index (Phi) is 4.46. The minimum atomic E-state index is -0.397. The van der Waals surface area contributed by atoms with Crippen LogP contribution in [0.5, 0.6) is 0 Å². The molecule has 0 N–H and O–H groups in total. The van der Waals surface area contributed by atoms with Crippen LogP contribution in [0.1, 0.15) is 26.7 Å². The molecule has 0 aromatic carbocycles. The summed E-state index contributed by atoms with van der Waals surface area (Å²) in [7, 11) is 0. The number of ether oxygens (including phenoxy) is 2. The SMILES string of the molecule is CC(=O)OCC1CCC(=O)C1COC(C)=O. The molecule has 0 bridgehead atoms. The summed E-state index contributed by atoms with van der Waals surface area (Å²) >= 11 is 0. The van der Waals surface area contributed by atoms with Crippen molar-refractivity contribution in [2.24, 2.45) is 11.8 Å². The molecule has 1 fully saturated rings. The predicted molar refractivity (Wildman–Crippen MR) is 54.5 cm³/mol. The molecule has 1 aliphatic rings. The van der Waals surface area contributed by atoms with Crippen molar-refractivity contribution < 1.29 is 23.9 Å². The fourth-order valence-corrected chi connectivity index (χ4v) is 1.84. The predicted octanol–water partition coefficient (Wildman–Crippen LogP) is 0.708. The van der Waals surface area contributed by atoms with Gasteiger partial charge < -0.3 is 9.47 Å². The lowest BCUT2D eigenvalue weighted by Crippen LogP contribution is -2.25. The van der Waals surface area contributed by atoms with Gasteiger partial charge in [-0.3, -0.25) is 14.4 Å². The van der Waals surface area contributed by atoms with Crippen molar-refractivity contribution in [3.63, 3.8) is 0 Å². The van der Waals surface area contributed by atoms with Crippen LogP contribution in [0, 0.1) is 11.8 Å². The summed E-state index contributed by atoms with van der Waals surface area (Å²) in [6, 6.07) is 0. The molecule has 0 saturated heterocycles. The molecule has 0 spiro atoms. The lowest BCUT2D eigenvalue weighted by Gasteiger charge is -2.17. The van der Waals surface area contributed by atoms with Gasteiger partial charge in [0.15, 0.2) is 0 Å². The summed E-state index contributed by atoms with van der Waals surface area (Å²) < 4.78 is 9.71. The molecule has 2 unspecified atom stereocenters. The van der Waals surface area contributed by atoms with E-state index in [0.717, 1.165) is 0 Å². The maximum absolute atomic E-state index is 11.5. The van der Waals surface area contributed by atoms with Crippen molar-refractivity contribution in [3.8, 4) is 0 Å². The number of Topliss-reactive ketones (excluding diaryl/α,β-unsaturated/α-hetero) is 1. The minimum Gasteiger partial charge on any atom is -0.466 e. The van der Waals surface area contributed by atoms with Gasteiger partial charge in [-0.1, -0.05) is 0 Å². The number of esters is 2. The molecule has 1 aliphatic carbocycles. The molecule has 1 saturated carbocycles. The number of ketones is 1. The van der Waals surface area contributed by atoms with E-state index in [-0.39, 0.29) is 36.8 Å². The van der Waals surface area contributed by atoms with Crippen molar-refractivity contribution >= 4 is 17.7 Å². The van der Waals surface area contributed by atoms with Crippen molar-refractivity contribution in [1.82, 2.24) is 0 Å². The second kappa shape index (κ2) is 5.63. The number of hydrogen-bond donors (Lipinski definition) is 0. The highest BCUT2D eigenvalue weighted by molar-refractivity contribution is 5.83. The van der Waals surface area contributed by atoms with Crippen LogP contribution < -0.4 is 0 Å². The molecule has 90 valence electrons. The highest BCUT2D eigenvalue weighted by Crippen LogP contribution is 2.29. The van der Waals surface area contributed by atoms with E-state index in [9.17, 15) is 14.4 Å². The summed E-state index contributed by atoms with van der Waals surface area (Å²) in [5, 5.41) is 0. The van der Waals surface area contributed by atoms with E-state index >= 15 is 0 Å². The smallest absolute Gasteiger partial charge is 0.302 e. The van der Waals surface area contributed by atoms with E-state index in [1.165, 1.54) is 13.8 Å². The van der Waals surface area contributed by atoms with Crippen LogP contribution in [0.15, 0.2) is 0 Å². The van der Waals surface area contributed by atoms with Crippen LogP contribution in [0.25, 0.3) is 0 Å². The quantitative estimate of drug-likeness (QED) is 0.663. The van der Waals surface area contributed by atoms with Gasteiger partial charge in [0.2, 0.25) is 0 Å². The van der Waals surface area contributed by atoms with Crippen LogP contribution in [0.2, 0.25) is 0 Å². The summed E-state index contributed by atoms with van der Waals surface area (Å²) in [6.45, 7) is 2.96. The first-order chi connectivity index (χ1) is 7.50. The third-order valence-corrected chi connectivity index (χ3v) is 2.71. The van der Waals surface area contributed by atoms with Crippen LogP contribution in [0.4, 0.5) is 0 Å². The number of carbonyl (C=O) groups excluding carboxylic acids is 3. The lowest BCUT2D eigenvalue weighted by molar-refractivity contribution is -0.147. The molecule has 0 radical (unpaired) electrons. The average Bonchev–Trinajstić information content (AvgIpc) is 2.53. The number of rotatable bonds is 4. The molecular formula is C11H16O5. The summed E-state index contributed by atoms with van der Waals surface area (Å²) in [4.78, 5) is 32.8. The van der Waals surface area contributed by atoms with Crippen molar-refractivity contribution in [3.05, 3.63) is 0 Å². The van der Waals surface area contributed by atoms with Gasteiger partial charge in [0, 0.05) is 26.2 Å². The summed E-state index contributed by atoms with van der Waals surface area (Å²) in [5.41, 5.74) is 0. The van der Waals surface area contributed by atoms with E-state index in [1.807, 2.05) is 0 Å². The normalized spacial score (nSPS) is 24.2. The zero-order valence-corrected chi connectivity index (χ0v) is 9.52. The largest absolute Gasteiger partial charge is 0.466 e. The van der Waals surface area contributed by atoms with E-state index in [2.05, 4.69) is 0 Å². The van der Waals surface area contributed by atoms with Gasteiger partial charge in [-0.25, -0.2) is 0 Å². The van der Waals surface area contributed by atoms with Gasteiger partial charge in [0.1, 0.15) is 12.4 Å². The standard InChI is InChI=1S/C11H16O5/c1-7(12)15-5-9-3-4-11(14)10(9)6-16-8(2)13/h9-10H,3-6H2,1-2H3. The first-order valence-electron chi connectivity index (χ1n) is 5.30. The van der Waals surface area contributed by atoms with Crippen molar-refractivity contribution in [2.45, 2.75) is 26.7 Å². The first kappa shape index (κ1) is 12.7. The van der Waals surface area contributed by atoms with E-state index in [1.54, 1.807) is 0 Å². The van der Waals surface area contributed by atoms with Gasteiger partial charge in [-0.2, -0.15) is 0 Å². The molecule has 0 aliphatic heterocycles. The van der Waals surface area contributed by atoms with Crippen LogP contribution in [-0.4, -0.2) is 30.9 Å². The molecular weight excluding hydrogens is 212 g/mol. The van der Waals surface area contributed by atoms with Crippen molar-refractivity contribution in [2.75, 3.05) is 13.2 Å². The van der Waals surface area contributed by atoms with Crippen molar-refractivity contribution in [1.29, 1.82) is 0 Å². The highest BCUT2D eigenvalue weighted by Gasteiger charge is 2.35. The molecule has 1 rings (SSSR count). The Morgan fingerprint density at radius 1 is 1.19 bits per heavy atom. The molecule has 0 heterocycles. The topological polar surface area (TPSA) is 69.7 Å². The lowest BCUT2D eigenvalue weighted by atomic mass is 9.97. The first-order valence-corrected chi connectivity index (χ1v) is 5.30. The Balaban J connectivity index is 2.45. The van der Waals surface area contributed by atoms with E-state index in [0.29, 0.717) is 12.8 Å². The second-order valence-electron chi connectivity index (χ2n) is 3.98. The maximum Gasteiger partial charge on any atom is 0.302 e. The number of hydrogen-bond acceptors (Lipinski definition) is 5. The molecule has 16 heavy (non-hydrogen) atoms. The Labute approximate surface area is 94.1 Å². The van der Waals surface area contributed by atoms with E-state index < -0.39 is 5.97 Å².